The summed E-state index contributed by atoms with van der Waals surface area (Å²) in [5.74, 6) is 1.28. The van der Waals surface area contributed by atoms with Crippen molar-refractivity contribution in [3.63, 3.8) is 0 Å². The van der Waals surface area contributed by atoms with Crippen LogP contribution in [-0.2, 0) is 10.0 Å². The molecule has 1 aliphatic heterocycles. The zero-order chi connectivity index (χ0) is 23.0. The van der Waals surface area contributed by atoms with Crippen molar-refractivity contribution in [1.82, 2.24) is 14.2 Å². The van der Waals surface area contributed by atoms with Crippen LogP contribution in [0.5, 0.6) is 5.75 Å². The van der Waals surface area contributed by atoms with Gasteiger partial charge >= 0.3 is 0 Å². The van der Waals surface area contributed by atoms with E-state index in [1.165, 1.54) is 0 Å². The van der Waals surface area contributed by atoms with E-state index in [1.807, 2.05) is 60.8 Å². The summed E-state index contributed by atoms with van der Waals surface area (Å²) in [6.07, 6.45) is 4.94. The lowest BCUT2D eigenvalue weighted by molar-refractivity contribution is 0.375. The summed E-state index contributed by atoms with van der Waals surface area (Å²) in [5.41, 5.74) is 3.72. The molecule has 33 heavy (non-hydrogen) atoms. The van der Waals surface area contributed by atoms with Crippen LogP contribution < -0.4 is 4.74 Å². The van der Waals surface area contributed by atoms with Crippen molar-refractivity contribution < 1.29 is 17.6 Å². The smallest absolute Gasteiger partial charge is 0.247 e. The van der Waals surface area contributed by atoms with Crippen molar-refractivity contribution in [2.24, 2.45) is 5.10 Å². The first kappa shape index (κ1) is 21.0. The largest absolute Gasteiger partial charge is 0.497 e. The summed E-state index contributed by atoms with van der Waals surface area (Å²) in [7, 11) is -2.03. The lowest BCUT2D eigenvalue weighted by Gasteiger charge is -2.21. The van der Waals surface area contributed by atoms with Gasteiger partial charge < -0.3 is 9.15 Å². The van der Waals surface area contributed by atoms with Crippen LogP contribution in [0.4, 0.5) is 0 Å². The molecule has 1 atom stereocenters. The molecule has 0 saturated heterocycles. The van der Waals surface area contributed by atoms with Crippen LogP contribution in [0.15, 0.2) is 88.7 Å². The average Bonchev–Trinajstić information content (AvgIpc) is 3.58. The SMILES string of the molecule is COc1ccc(-c2nn(-c3ccccc3)cc2[C@@H]2CC(c3ccco3)=NN2S(C)(=O)=O)cc1. The normalized spacial score (nSPS) is 16.1. The van der Waals surface area contributed by atoms with Gasteiger partial charge in [-0.15, -0.1) is 0 Å². The van der Waals surface area contributed by atoms with Gasteiger partial charge in [0.05, 0.1) is 37.1 Å². The number of hydrazone groups is 1. The van der Waals surface area contributed by atoms with Crippen molar-refractivity contribution >= 4 is 15.7 Å². The van der Waals surface area contributed by atoms with Crippen molar-refractivity contribution in [2.45, 2.75) is 12.5 Å². The quantitative estimate of drug-likeness (QED) is 0.427. The monoisotopic (exact) mass is 462 g/mol. The minimum absolute atomic E-state index is 0.365. The molecule has 0 amide bonds. The van der Waals surface area contributed by atoms with Crippen molar-refractivity contribution in [3.8, 4) is 22.7 Å². The fourth-order valence-electron chi connectivity index (χ4n) is 3.93. The second-order valence-corrected chi connectivity index (χ2v) is 9.56. The molecule has 0 bridgehead atoms. The van der Waals surface area contributed by atoms with Gasteiger partial charge in [0, 0.05) is 23.7 Å². The molecule has 4 aromatic rings. The van der Waals surface area contributed by atoms with Crippen molar-refractivity contribution in [3.05, 3.63) is 90.5 Å². The number of sulfonamides is 1. The minimum Gasteiger partial charge on any atom is -0.497 e. The molecule has 0 aliphatic carbocycles. The van der Waals surface area contributed by atoms with E-state index in [0.29, 0.717) is 23.6 Å². The Bertz CT molecular complexity index is 1390. The number of aromatic nitrogens is 2. The third-order valence-corrected chi connectivity index (χ3v) is 6.52. The van der Waals surface area contributed by atoms with E-state index in [9.17, 15) is 8.42 Å². The van der Waals surface area contributed by atoms with Crippen molar-refractivity contribution in [2.75, 3.05) is 13.4 Å². The Morgan fingerprint density at radius 3 is 2.42 bits per heavy atom. The average molecular weight is 463 g/mol. The summed E-state index contributed by atoms with van der Waals surface area (Å²) in [5, 5.41) is 9.25. The van der Waals surface area contributed by atoms with Crippen LogP contribution in [0, 0.1) is 0 Å². The van der Waals surface area contributed by atoms with E-state index in [2.05, 4.69) is 5.10 Å². The van der Waals surface area contributed by atoms with E-state index in [0.717, 1.165) is 33.2 Å². The van der Waals surface area contributed by atoms with E-state index in [-0.39, 0.29) is 0 Å². The van der Waals surface area contributed by atoms with Crippen LogP contribution in [0.2, 0.25) is 0 Å². The first-order valence-electron chi connectivity index (χ1n) is 10.3. The molecule has 0 spiro atoms. The predicted molar refractivity (Wildman–Crippen MR) is 125 cm³/mol. The van der Waals surface area contributed by atoms with Gasteiger partial charge in [-0.2, -0.15) is 14.6 Å². The Kier molecular flexibility index (Phi) is 5.26. The van der Waals surface area contributed by atoms with E-state index >= 15 is 0 Å². The summed E-state index contributed by atoms with van der Waals surface area (Å²) < 4.78 is 39.1. The van der Waals surface area contributed by atoms with Crippen LogP contribution in [-0.4, -0.2) is 41.7 Å². The van der Waals surface area contributed by atoms with Crippen molar-refractivity contribution in [1.29, 1.82) is 0 Å². The first-order valence-corrected chi connectivity index (χ1v) is 12.2. The number of methoxy groups -OCH3 is 1. The Balaban J connectivity index is 1.64. The highest BCUT2D eigenvalue weighted by atomic mass is 32.2. The summed E-state index contributed by atoms with van der Waals surface area (Å²) in [4.78, 5) is 0. The van der Waals surface area contributed by atoms with Crippen LogP contribution in [0.1, 0.15) is 23.8 Å². The molecule has 0 fully saturated rings. The molecule has 8 nitrogen and oxygen atoms in total. The van der Waals surface area contributed by atoms with Gasteiger partial charge in [-0.05, 0) is 48.5 Å². The summed E-state index contributed by atoms with van der Waals surface area (Å²) in [6.45, 7) is 0. The Morgan fingerprint density at radius 1 is 1.03 bits per heavy atom. The molecule has 2 aromatic heterocycles. The lowest BCUT2D eigenvalue weighted by atomic mass is 9.99. The zero-order valence-electron chi connectivity index (χ0n) is 18.1. The molecule has 3 heterocycles. The first-order chi connectivity index (χ1) is 15.9. The maximum Gasteiger partial charge on any atom is 0.247 e. The molecular formula is C24H22N4O4S. The molecule has 9 heteroatoms. The number of hydrogen-bond donors (Lipinski definition) is 0. The predicted octanol–water partition coefficient (Wildman–Crippen LogP) is 4.25. The molecule has 0 radical (unpaired) electrons. The molecular weight excluding hydrogens is 440 g/mol. The maximum atomic E-state index is 12.7. The number of nitrogens with zero attached hydrogens (tertiary/aromatic N) is 4. The third-order valence-electron chi connectivity index (χ3n) is 5.50. The van der Waals surface area contributed by atoms with Gasteiger partial charge in [-0.25, -0.2) is 13.1 Å². The Hall–Kier alpha value is -3.85. The number of ether oxygens (including phenoxy) is 1. The highest BCUT2D eigenvalue weighted by molar-refractivity contribution is 7.88. The maximum absolute atomic E-state index is 12.7. The number of hydrogen-bond acceptors (Lipinski definition) is 6. The molecule has 0 saturated carbocycles. The van der Waals surface area contributed by atoms with Gasteiger partial charge in [-0.3, -0.25) is 0 Å². The number of para-hydroxylation sites is 1. The highest BCUT2D eigenvalue weighted by Gasteiger charge is 2.38. The fourth-order valence-corrected chi connectivity index (χ4v) is 4.83. The van der Waals surface area contributed by atoms with Gasteiger partial charge in [0.2, 0.25) is 10.0 Å². The molecule has 2 aromatic carbocycles. The fraction of sp³-hybridized carbons (Fsp3) is 0.167. The second kappa shape index (κ2) is 8.25. The molecule has 1 aliphatic rings. The van der Waals surface area contributed by atoms with Gasteiger partial charge in [0.1, 0.15) is 17.2 Å². The zero-order valence-corrected chi connectivity index (χ0v) is 18.9. The van der Waals surface area contributed by atoms with Gasteiger partial charge in [0.15, 0.2) is 0 Å². The third kappa shape index (κ3) is 4.03. The summed E-state index contributed by atoms with van der Waals surface area (Å²) >= 11 is 0. The molecule has 0 N–H and O–H groups in total. The minimum atomic E-state index is -3.64. The number of benzene rings is 2. The van der Waals surface area contributed by atoms with E-state index in [4.69, 9.17) is 14.3 Å². The van der Waals surface area contributed by atoms with Gasteiger partial charge in [0.25, 0.3) is 0 Å². The van der Waals surface area contributed by atoms with E-state index < -0.39 is 16.1 Å². The van der Waals surface area contributed by atoms with Crippen LogP contribution in [0.3, 0.4) is 0 Å². The number of rotatable bonds is 6. The Morgan fingerprint density at radius 2 is 1.79 bits per heavy atom. The Labute approximate surface area is 191 Å². The van der Waals surface area contributed by atoms with Crippen LogP contribution >= 0.6 is 0 Å². The lowest BCUT2D eigenvalue weighted by Crippen LogP contribution is -2.26. The summed E-state index contributed by atoms with van der Waals surface area (Å²) in [6, 6.07) is 20.2. The standard InChI is InChI=1S/C24H22N4O4S/c1-31-19-12-10-17(11-13-19)24-20(16-27(26-24)18-7-4-3-5-8-18)22-15-21(23-9-6-14-32-23)25-28(22)33(2,29)30/h3-14,16,22H,15H2,1-2H3/t22-/m0/s1. The van der Waals surface area contributed by atoms with Gasteiger partial charge in [-0.1, -0.05) is 18.2 Å². The molecule has 168 valence electrons. The second-order valence-electron chi connectivity index (χ2n) is 7.72. The topological polar surface area (TPSA) is 89.9 Å². The van der Waals surface area contributed by atoms with Crippen LogP contribution in [0.25, 0.3) is 16.9 Å². The number of furan rings is 1. The highest BCUT2D eigenvalue weighted by Crippen LogP contribution is 2.39. The van der Waals surface area contributed by atoms with E-state index in [1.54, 1.807) is 30.2 Å². The molecule has 5 rings (SSSR count). The molecule has 0 unspecified atom stereocenters.